The van der Waals surface area contributed by atoms with E-state index in [-0.39, 0.29) is 17.7 Å². The third-order valence-electron chi connectivity index (χ3n) is 7.08. The number of likely N-dealkylation sites (tertiary alicyclic amines) is 1. The monoisotopic (exact) mass is 420 g/mol. The molecule has 0 bridgehead atoms. The van der Waals surface area contributed by atoms with Crippen LogP contribution in [0.1, 0.15) is 25.7 Å². The Morgan fingerprint density at radius 2 is 2.07 bits per heavy atom. The number of carbonyl (C=O) groups excluding carboxylic acids is 2. The number of rotatable bonds is 6. The molecule has 1 aliphatic carbocycles. The van der Waals surface area contributed by atoms with Gasteiger partial charge in [0.1, 0.15) is 19.3 Å². The smallest absolute Gasteiger partial charge is 0.248 e. The van der Waals surface area contributed by atoms with Gasteiger partial charge in [-0.2, -0.15) is 5.10 Å². The van der Waals surface area contributed by atoms with E-state index in [1.54, 1.807) is 15.9 Å². The molecule has 1 saturated carbocycles. The van der Waals surface area contributed by atoms with E-state index in [4.69, 9.17) is 4.74 Å². The number of aromatic nitrogens is 3. The first-order valence-electron chi connectivity index (χ1n) is 10.9. The predicted molar refractivity (Wildman–Crippen MR) is 107 cm³/mol. The summed E-state index contributed by atoms with van der Waals surface area (Å²) in [6.45, 7) is 4.95. The van der Waals surface area contributed by atoms with Crippen LogP contribution < -0.4 is 5.32 Å². The van der Waals surface area contributed by atoms with E-state index < -0.39 is 12.0 Å². The molecule has 10 nitrogen and oxygen atoms in total. The average Bonchev–Trinajstić information content (AvgIpc) is 3.31. The highest BCUT2D eigenvalue weighted by Gasteiger charge is 2.53. The van der Waals surface area contributed by atoms with Crippen LogP contribution in [0.4, 0.5) is 0 Å². The van der Waals surface area contributed by atoms with Crippen molar-refractivity contribution in [1.29, 1.82) is 0 Å². The Hall–Kier alpha value is -2.04. The van der Waals surface area contributed by atoms with Gasteiger partial charge in [0, 0.05) is 38.8 Å². The molecule has 2 aliphatic heterocycles. The maximum atomic E-state index is 13.4. The molecule has 10 heteroatoms. The summed E-state index contributed by atoms with van der Waals surface area (Å²) in [7, 11) is 0. The Balaban J connectivity index is 1.45. The fourth-order valence-electron chi connectivity index (χ4n) is 5.40. The molecule has 4 rings (SSSR count). The van der Waals surface area contributed by atoms with Crippen LogP contribution in [0.25, 0.3) is 0 Å². The summed E-state index contributed by atoms with van der Waals surface area (Å²) in [6.07, 6.45) is 6.56. The molecule has 1 aromatic rings. The van der Waals surface area contributed by atoms with Crippen LogP contribution in [0.2, 0.25) is 0 Å². The first-order valence-corrected chi connectivity index (χ1v) is 10.9. The van der Waals surface area contributed by atoms with Gasteiger partial charge in [-0.05, 0) is 31.6 Å². The lowest BCUT2D eigenvalue weighted by Crippen LogP contribution is -2.62. The number of amides is 2. The van der Waals surface area contributed by atoms with E-state index in [2.05, 4.69) is 20.3 Å². The number of piperidine rings is 1. The van der Waals surface area contributed by atoms with Crippen molar-refractivity contribution < 1.29 is 19.4 Å². The Morgan fingerprint density at radius 3 is 2.80 bits per heavy atom. The van der Waals surface area contributed by atoms with E-state index >= 15 is 0 Å². The molecule has 3 fully saturated rings. The molecule has 1 aromatic heterocycles. The molecule has 2 amide bonds. The minimum Gasteiger partial charge on any atom is -0.387 e. The number of aliphatic hydroxyl groups excluding tert-OH is 1. The first kappa shape index (κ1) is 21.2. The van der Waals surface area contributed by atoms with Crippen LogP contribution in [-0.2, 0) is 20.9 Å². The number of hydrogen-bond acceptors (Lipinski definition) is 7. The van der Waals surface area contributed by atoms with Gasteiger partial charge < -0.3 is 20.1 Å². The van der Waals surface area contributed by atoms with Crippen molar-refractivity contribution in [2.75, 3.05) is 52.5 Å². The van der Waals surface area contributed by atoms with Crippen LogP contribution >= 0.6 is 0 Å². The van der Waals surface area contributed by atoms with Gasteiger partial charge in [-0.3, -0.25) is 19.2 Å². The number of aliphatic hydroxyl groups is 1. The molecule has 2 saturated heterocycles. The Bertz CT molecular complexity index is 723. The van der Waals surface area contributed by atoms with Gasteiger partial charge in [0.15, 0.2) is 0 Å². The number of fused-ring (bicyclic) bond motifs is 1. The lowest BCUT2D eigenvalue weighted by molar-refractivity contribution is -0.152. The quantitative estimate of drug-likeness (QED) is 0.614. The van der Waals surface area contributed by atoms with Crippen molar-refractivity contribution in [1.82, 2.24) is 29.9 Å². The molecular weight excluding hydrogens is 388 g/mol. The zero-order chi connectivity index (χ0) is 21.0. The molecule has 166 valence electrons. The molecule has 3 atom stereocenters. The van der Waals surface area contributed by atoms with Crippen LogP contribution in [0.15, 0.2) is 12.7 Å². The number of carbonyl (C=O) groups is 2. The predicted octanol–water partition coefficient (Wildman–Crippen LogP) is -0.894. The molecule has 0 radical (unpaired) electrons. The lowest BCUT2D eigenvalue weighted by atomic mass is 9.61. The number of morpholine rings is 1. The van der Waals surface area contributed by atoms with E-state index in [0.29, 0.717) is 32.2 Å². The SMILES string of the molecule is O=C(CO)N1CC[C@@H]2C[C@@H](N3CCOCC3)CC[C@@]2(C(=O)NCCn2cncn2)C1. The normalized spacial score (nSPS) is 30.0. The third-order valence-corrected chi connectivity index (χ3v) is 7.08. The van der Waals surface area contributed by atoms with Gasteiger partial charge in [-0.1, -0.05) is 0 Å². The summed E-state index contributed by atoms with van der Waals surface area (Å²) in [5, 5.41) is 16.5. The van der Waals surface area contributed by atoms with Crippen molar-refractivity contribution >= 4 is 11.8 Å². The number of nitrogens with zero attached hydrogens (tertiary/aromatic N) is 5. The highest BCUT2D eigenvalue weighted by molar-refractivity contribution is 5.85. The fourth-order valence-corrected chi connectivity index (χ4v) is 5.40. The maximum absolute atomic E-state index is 13.4. The molecule has 30 heavy (non-hydrogen) atoms. The lowest BCUT2D eigenvalue weighted by Gasteiger charge is -2.53. The van der Waals surface area contributed by atoms with E-state index in [9.17, 15) is 14.7 Å². The zero-order valence-corrected chi connectivity index (χ0v) is 17.4. The Labute approximate surface area is 176 Å². The van der Waals surface area contributed by atoms with Gasteiger partial charge in [0.05, 0.1) is 25.2 Å². The van der Waals surface area contributed by atoms with Gasteiger partial charge in [-0.25, -0.2) is 4.98 Å². The second-order valence-corrected chi connectivity index (χ2v) is 8.61. The second-order valence-electron chi connectivity index (χ2n) is 8.61. The summed E-state index contributed by atoms with van der Waals surface area (Å²) in [4.78, 5) is 33.7. The Morgan fingerprint density at radius 1 is 1.23 bits per heavy atom. The molecule has 0 spiro atoms. The minimum atomic E-state index is -0.589. The van der Waals surface area contributed by atoms with Crippen LogP contribution in [0, 0.1) is 11.3 Å². The van der Waals surface area contributed by atoms with Gasteiger partial charge in [0.25, 0.3) is 0 Å². The molecular formula is C20H32N6O4. The van der Waals surface area contributed by atoms with Crippen molar-refractivity contribution in [3.8, 4) is 0 Å². The summed E-state index contributed by atoms with van der Waals surface area (Å²) < 4.78 is 7.19. The molecule has 3 heterocycles. The van der Waals surface area contributed by atoms with Crippen LogP contribution in [-0.4, -0.2) is 100 Å². The summed E-state index contributed by atoms with van der Waals surface area (Å²) >= 11 is 0. The first-order chi connectivity index (χ1) is 14.6. The average molecular weight is 421 g/mol. The summed E-state index contributed by atoms with van der Waals surface area (Å²) in [5.74, 6) is -0.0461. The zero-order valence-electron chi connectivity index (χ0n) is 17.4. The molecule has 2 N–H and O–H groups in total. The minimum absolute atomic E-state index is 0.0171. The maximum Gasteiger partial charge on any atom is 0.248 e. The van der Waals surface area contributed by atoms with Crippen molar-refractivity contribution in [3.05, 3.63) is 12.7 Å². The summed E-state index contributed by atoms with van der Waals surface area (Å²) in [6, 6.07) is 0.468. The van der Waals surface area contributed by atoms with Crippen LogP contribution in [0.5, 0.6) is 0 Å². The van der Waals surface area contributed by atoms with Crippen LogP contribution in [0.3, 0.4) is 0 Å². The van der Waals surface area contributed by atoms with E-state index in [0.717, 1.165) is 52.0 Å². The summed E-state index contributed by atoms with van der Waals surface area (Å²) in [5.41, 5.74) is -0.589. The van der Waals surface area contributed by atoms with Crippen molar-refractivity contribution in [2.24, 2.45) is 11.3 Å². The standard InChI is InChI=1S/C20H32N6O4/c27-12-18(28)25-5-2-16-11-17(24-7-9-30-10-8-24)1-3-20(16,13-25)19(29)22-4-6-26-15-21-14-23-26/h14-17,27H,1-13H2,(H,22,29)/t16-,17+,20-/m1/s1. The topological polar surface area (TPSA) is 113 Å². The highest BCUT2D eigenvalue weighted by atomic mass is 16.5. The Kier molecular flexibility index (Phi) is 6.64. The van der Waals surface area contributed by atoms with Gasteiger partial charge >= 0.3 is 0 Å². The molecule has 0 aromatic carbocycles. The fraction of sp³-hybridized carbons (Fsp3) is 0.800. The number of hydrogen-bond donors (Lipinski definition) is 2. The van der Waals surface area contributed by atoms with E-state index in [1.165, 1.54) is 6.33 Å². The second kappa shape index (κ2) is 9.40. The van der Waals surface area contributed by atoms with Gasteiger partial charge in [-0.15, -0.1) is 0 Å². The number of nitrogens with one attached hydrogen (secondary N) is 1. The number of ether oxygens (including phenoxy) is 1. The highest BCUT2D eigenvalue weighted by Crippen LogP contribution is 2.47. The van der Waals surface area contributed by atoms with Crippen molar-refractivity contribution in [3.63, 3.8) is 0 Å². The van der Waals surface area contributed by atoms with Crippen molar-refractivity contribution in [2.45, 2.75) is 38.3 Å². The van der Waals surface area contributed by atoms with Gasteiger partial charge in [0.2, 0.25) is 11.8 Å². The van der Waals surface area contributed by atoms with E-state index in [1.807, 2.05) is 0 Å². The molecule has 3 aliphatic rings. The largest absolute Gasteiger partial charge is 0.387 e. The molecule has 0 unspecified atom stereocenters. The third kappa shape index (κ3) is 4.35.